The van der Waals surface area contributed by atoms with E-state index in [1.807, 2.05) is 0 Å². The first kappa shape index (κ1) is 45.2. The average molecular weight is 895 g/mol. The first-order chi connectivity index (χ1) is 25.9. The van der Waals surface area contributed by atoms with Crippen LogP contribution >= 0.6 is 24.8 Å². The van der Waals surface area contributed by atoms with Crippen LogP contribution in [-0.4, -0.2) is 4.21 Å². The molecule has 310 valence electrons. The van der Waals surface area contributed by atoms with Crippen molar-refractivity contribution in [2.45, 2.75) is 137 Å². The number of hydrogen-bond acceptors (Lipinski definition) is 0. The van der Waals surface area contributed by atoms with Crippen molar-refractivity contribution in [1.82, 2.24) is 0 Å². The van der Waals surface area contributed by atoms with E-state index in [1.165, 1.54) is 35.2 Å². The quantitative estimate of drug-likeness (QED) is 0.245. The number of rotatable bonds is 4. The number of hydrogen-bond donors (Lipinski definition) is 0. The molecule has 0 aliphatic heterocycles. The summed E-state index contributed by atoms with van der Waals surface area (Å²) in [6.07, 6.45) is 16.7. The van der Waals surface area contributed by atoms with Gasteiger partial charge in [0.05, 0.1) is 0 Å². The molecule has 8 rings (SSSR count). The molecule has 3 unspecified atom stereocenters. The van der Waals surface area contributed by atoms with Gasteiger partial charge in [0, 0.05) is 0 Å². The molecule has 3 aromatic carbocycles. The third-order valence-electron chi connectivity index (χ3n) is 18.6. The van der Waals surface area contributed by atoms with Gasteiger partial charge in [-0.15, -0.1) is 24.8 Å². The maximum absolute atomic E-state index is 6.24. The van der Waals surface area contributed by atoms with Gasteiger partial charge in [-0.1, -0.05) is 0 Å². The zero-order valence-electron chi connectivity index (χ0n) is 38.2. The molecule has 0 nitrogen and oxygen atoms in total. The van der Waals surface area contributed by atoms with Gasteiger partial charge in [0.1, 0.15) is 0 Å². The van der Waals surface area contributed by atoms with Gasteiger partial charge in [-0.2, -0.15) is 0 Å². The molecule has 1 fully saturated rings. The predicted octanol–water partition coefficient (Wildman–Crippen LogP) is 14.6. The minimum absolute atomic E-state index is 0. The van der Waals surface area contributed by atoms with E-state index in [0.717, 1.165) is 19.3 Å². The van der Waals surface area contributed by atoms with E-state index in [1.54, 1.807) is 25.6 Å². The van der Waals surface area contributed by atoms with Crippen LogP contribution in [0.5, 0.6) is 0 Å². The summed E-state index contributed by atoms with van der Waals surface area (Å²) in [5, 5.41) is 0. The van der Waals surface area contributed by atoms with Crippen LogP contribution in [0.25, 0.3) is 5.57 Å². The van der Waals surface area contributed by atoms with Gasteiger partial charge >= 0.3 is 344 Å². The Morgan fingerprint density at radius 3 is 1.69 bits per heavy atom. The van der Waals surface area contributed by atoms with Crippen molar-refractivity contribution < 1.29 is 18.3 Å². The van der Waals surface area contributed by atoms with Gasteiger partial charge in [-0.3, -0.25) is 0 Å². The maximum atomic E-state index is 6.24. The van der Waals surface area contributed by atoms with Crippen LogP contribution in [0.3, 0.4) is 0 Å². The Hall–Kier alpha value is -2.31. The van der Waals surface area contributed by atoms with E-state index in [9.17, 15) is 0 Å². The zero-order chi connectivity index (χ0) is 40.7. The van der Waals surface area contributed by atoms with Crippen molar-refractivity contribution >= 4 is 41.1 Å². The average Bonchev–Trinajstić information content (AvgIpc) is 3.83. The molecule has 3 heteroatoms. The molecule has 3 atom stereocenters. The van der Waals surface area contributed by atoms with Crippen LogP contribution < -0.4 is 6.54 Å². The van der Waals surface area contributed by atoms with Crippen molar-refractivity contribution in [2.24, 2.45) is 27.6 Å². The molecular formula is C55H72Cl2Zr. The van der Waals surface area contributed by atoms with Gasteiger partial charge in [0.2, 0.25) is 0 Å². The Morgan fingerprint density at radius 1 is 0.655 bits per heavy atom. The molecule has 58 heavy (non-hydrogen) atoms. The number of fused-ring (bicyclic) bond motifs is 6. The second kappa shape index (κ2) is 13.9. The third kappa shape index (κ3) is 5.24. The standard InChI is InChI=1S/C29H37.2C10H13.C5H5.CH2.2ClH.Zr/c1-18-25-22-17-19-13-9-10-14-20(19)24(22)21-15-11-12-16-23(21)29(25,8)28(6,7)27(4,5)26(18,2)3;2*1-10(2,3)9-7-5-4-6-8-9;1-2-4-5-3-1;;;;/h9-11,13-15,23H,12,16-17H2,1-8H3;2*5-8H,1-3H3;1-3H,4H2;1H2;2*1H;. The Labute approximate surface area is 366 Å². The monoisotopic (exact) mass is 892 g/mol. The van der Waals surface area contributed by atoms with Crippen LogP contribution in [0.15, 0.2) is 123 Å². The van der Waals surface area contributed by atoms with Gasteiger partial charge in [-0.05, 0) is 0 Å². The van der Waals surface area contributed by atoms with Gasteiger partial charge in [0.25, 0.3) is 0 Å². The molecule has 0 radical (unpaired) electrons. The fourth-order valence-electron chi connectivity index (χ4n) is 13.9. The van der Waals surface area contributed by atoms with E-state index in [0.29, 0.717) is 5.92 Å². The van der Waals surface area contributed by atoms with E-state index in [-0.39, 0.29) is 60.4 Å². The van der Waals surface area contributed by atoms with Gasteiger partial charge in [-0.25, -0.2) is 0 Å². The van der Waals surface area contributed by atoms with Gasteiger partial charge in [0.15, 0.2) is 0 Å². The molecule has 1 saturated carbocycles. The second-order valence-corrected chi connectivity index (χ2v) is 36.7. The Bertz CT molecular complexity index is 2310. The molecule has 0 N–H and O–H groups in total. The summed E-state index contributed by atoms with van der Waals surface area (Å²) < 4.78 is 10.6. The first-order valence-corrected chi connectivity index (χ1v) is 28.4. The van der Waals surface area contributed by atoms with Crippen LogP contribution in [0.4, 0.5) is 0 Å². The molecule has 5 aliphatic rings. The summed E-state index contributed by atoms with van der Waals surface area (Å²) in [7, 11) is 0. The molecule has 0 saturated heterocycles. The van der Waals surface area contributed by atoms with Gasteiger partial charge < -0.3 is 0 Å². The van der Waals surface area contributed by atoms with E-state index in [4.69, 9.17) is 4.21 Å². The van der Waals surface area contributed by atoms with Crippen LogP contribution in [0, 0.1) is 27.6 Å². The van der Waals surface area contributed by atoms with Crippen molar-refractivity contribution in [3.63, 3.8) is 0 Å². The van der Waals surface area contributed by atoms with Crippen LogP contribution in [-0.2, 0) is 35.5 Å². The number of allylic oxidation sites excluding steroid dienone is 10. The van der Waals surface area contributed by atoms with Crippen molar-refractivity contribution in [1.29, 1.82) is 0 Å². The zero-order valence-corrected chi connectivity index (χ0v) is 42.3. The van der Waals surface area contributed by atoms with Crippen molar-refractivity contribution in [2.75, 3.05) is 0 Å². The molecule has 0 bridgehead atoms. The molecule has 5 aliphatic carbocycles. The first-order valence-electron chi connectivity index (χ1n) is 21.8. The van der Waals surface area contributed by atoms with Crippen molar-refractivity contribution in [3.05, 3.63) is 145 Å². The molecule has 0 spiro atoms. The van der Waals surface area contributed by atoms with Crippen LogP contribution in [0.2, 0.25) is 3.12 Å². The van der Waals surface area contributed by atoms with E-state index < -0.39 is 18.3 Å². The fraction of sp³-hybridized carbons (Fsp3) is 0.473. The molecule has 3 aromatic rings. The normalized spacial score (nSPS) is 26.8. The summed E-state index contributed by atoms with van der Waals surface area (Å²) in [5.74, 6) is 0.423. The fourth-order valence-corrected chi connectivity index (χ4v) is 34.4. The SMILES string of the molecule is Cl.Cl.[CH2]=[Zr]([C]1=CC=CC1)([c]1ccc(C(C)(C)C)cc1)([c]1ccc(C(C)(C)C)cc1)[C]1(C)C2=C3Cc4ccccc4C3=C3C=CCCC3C2(C)C(C)(C)C(C)(C)C1(C)C. The molecule has 0 heterocycles. The Morgan fingerprint density at radius 2 is 1.19 bits per heavy atom. The van der Waals surface area contributed by atoms with Crippen molar-refractivity contribution in [3.8, 4) is 0 Å². The summed E-state index contributed by atoms with van der Waals surface area (Å²) >= 11 is -5.29. The minimum atomic E-state index is -5.29. The van der Waals surface area contributed by atoms with Crippen LogP contribution in [0.1, 0.15) is 138 Å². The number of benzene rings is 3. The topological polar surface area (TPSA) is 0 Å². The Kier molecular flexibility index (Phi) is 10.8. The summed E-state index contributed by atoms with van der Waals surface area (Å²) in [5.41, 5.74) is 12.0. The molecule has 0 aromatic heterocycles. The van der Waals surface area contributed by atoms with E-state index in [2.05, 4.69) is 200 Å². The number of halogens is 2. The third-order valence-corrected chi connectivity index (χ3v) is 38.5. The Balaban J connectivity index is 0.00000283. The predicted molar refractivity (Wildman–Crippen MR) is 257 cm³/mol. The van der Waals surface area contributed by atoms with E-state index >= 15 is 0 Å². The summed E-state index contributed by atoms with van der Waals surface area (Å²) in [6, 6.07) is 29.7. The summed E-state index contributed by atoms with van der Waals surface area (Å²) in [6.45, 7) is 35.7. The molecular weight excluding hydrogens is 823 g/mol. The summed E-state index contributed by atoms with van der Waals surface area (Å²) in [4.78, 5) is 0. The molecule has 0 amide bonds. The second-order valence-electron chi connectivity index (χ2n) is 22.7.